The standard InChI is InChI=1S/C15H20N4O/c1-8-7-13(9(2)6-12(8)16)17-15(20)14-10(3)18-19(5)11(14)4/h6-7H,16H2,1-5H3,(H,17,20). The van der Waals surface area contributed by atoms with E-state index in [1.54, 1.807) is 4.68 Å². The van der Waals surface area contributed by atoms with Crippen LogP contribution in [0.5, 0.6) is 0 Å². The minimum Gasteiger partial charge on any atom is -0.399 e. The lowest BCUT2D eigenvalue weighted by Crippen LogP contribution is -2.15. The topological polar surface area (TPSA) is 72.9 Å². The SMILES string of the molecule is Cc1cc(NC(=O)c2c(C)nn(C)c2C)c(C)cc1N. The van der Waals surface area contributed by atoms with Gasteiger partial charge >= 0.3 is 0 Å². The number of amides is 1. The molecule has 0 unspecified atom stereocenters. The number of nitrogens with two attached hydrogens (primary N) is 1. The van der Waals surface area contributed by atoms with Crippen molar-refractivity contribution in [3.63, 3.8) is 0 Å². The van der Waals surface area contributed by atoms with Gasteiger partial charge in [0.2, 0.25) is 0 Å². The van der Waals surface area contributed by atoms with Gasteiger partial charge in [-0.2, -0.15) is 5.10 Å². The molecule has 5 heteroatoms. The first-order valence-corrected chi connectivity index (χ1v) is 6.49. The van der Waals surface area contributed by atoms with E-state index in [1.807, 2.05) is 46.9 Å². The van der Waals surface area contributed by atoms with Gasteiger partial charge in [-0.3, -0.25) is 9.48 Å². The van der Waals surface area contributed by atoms with Crippen molar-refractivity contribution in [1.82, 2.24) is 9.78 Å². The summed E-state index contributed by atoms with van der Waals surface area (Å²) in [6, 6.07) is 3.76. The molecule has 0 aliphatic rings. The first-order chi connectivity index (χ1) is 9.31. The monoisotopic (exact) mass is 272 g/mol. The van der Waals surface area contributed by atoms with Crippen LogP contribution < -0.4 is 11.1 Å². The first kappa shape index (κ1) is 14.1. The minimum absolute atomic E-state index is 0.139. The molecule has 3 N–H and O–H groups in total. The molecule has 20 heavy (non-hydrogen) atoms. The highest BCUT2D eigenvalue weighted by Gasteiger charge is 2.18. The van der Waals surface area contributed by atoms with E-state index in [0.29, 0.717) is 5.56 Å². The summed E-state index contributed by atoms with van der Waals surface area (Å²) < 4.78 is 1.71. The van der Waals surface area contributed by atoms with Gasteiger partial charge in [0.25, 0.3) is 5.91 Å². The van der Waals surface area contributed by atoms with Crippen LogP contribution in [0.3, 0.4) is 0 Å². The summed E-state index contributed by atoms with van der Waals surface area (Å²) in [7, 11) is 1.83. The van der Waals surface area contributed by atoms with Gasteiger partial charge in [-0.05, 0) is 51.0 Å². The van der Waals surface area contributed by atoms with Crippen LogP contribution in [0.25, 0.3) is 0 Å². The van der Waals surface area contributed by atoms with Crippen LogP contribution in [0.2, 0.25) is 0 Å². The Balaban J connectivity index is 2.35. The number of carbonyl (C=O) groups is 1. The summed E-state index contributed by atoms with van der Waals surface area (Å²) in [5.41, 5.74) is 11.5. The van der Waals surface area contributed by atoms with Crippen molar-refractivity contribution in [3.05, 3.63) is 40.2 Å². The van der Waals surface area contributed by atoms with Crippen LogP contribution >= 0.6 is 0 Å². The van der Waals surface area contributed by atoms with Gasteiger partial charge in [0.15, 0.2) is 0 Å². The molecule has 0 atom stereocenters. The van der Waals surface area contributed by atoms with Crippen molar-refractivity contribution in [2.45, 2.75) is 27.7 Å². The minimum atomic E-state index is -0.139. The molecule has 0 saturated heterocycles. The number of nitrogen functional groups attached to an aromatic ring is 1. The highest BCUT2D eigenvalue weighted by atomic mass is 16.1. The predicted molar refractivity (Wildman–Crippen MR) is 81.0 cm³/mol. The summed E-state index contributed by atoms with van der Waals surface area (Å²) >= 11 is 0. The van der Waals surface area contributed by atoms with Gasteiger partial charge < -0.3 is 11.1 Å². The van der Waals surface area contributed by atoms with Crippen molar-refractivity contribution >= 4 is 17.3 Å². The molecule has 5 nitrogen and oxygen atoms in total. The Hall–Kier alpha value is -2.30. The fourth-order valence-electron chi connectivity index (χ4n) is 2.26. The zero-order valence-corrected chi connectivity index (χ0v) is 12.5. The summed E-state index contributed by atoms with van der Waals surface area (Å²) in [5.74, 6) is -0.139. The number of hydrogen-bond donors (Lipinski definition) is 2. The highest BCUT2D eigenvalue weighted by Crippen LogP contribution is 2.23. The number of anilines is 2. The number of carbonyl (C=O) groups excluding carboxylic acids is 1. The van der Waals surface area contributed by atoms with Crippen LogP contribution in [0, 0.1) is 27.7 Å². The van der Waals surface area contributed by atoms with Gasteiger partial charge in [-0.25, -0.2) is 0 Å². The number of nitrogens with zero attached hydrogens (tertiary/aromatic N) is 2. The van der Waals surface area contributed by atoms with Crippen LogP contribution in [0.4, 0.5) is 11.4 Å². The van der Waals surface area contributed by atoms with Gasteiger partial charge in [0, 0.05) is 24.1 Å². The van der Waals surface area contributed by atoms with E-state index >= 15 is 0 Å². The molecular weight excluding hydrogens is 252 g/mol. The zero-order chi connectivity index (χ0) is 15.0. The fraction of sp³-hybridized carbons (Fsp3) is 0.333. The second-order valence-electron chi connectivity index (χ2n) is 5.15. The number of aromatic nitrogens is 2. The molecule has 1 aromatic carbocycles. The van der Waals surface area contributed by atoms with E-state index < -0.39 is 0 Å². The Morgan fingerprint density at radius 3 is 2.40 bits per heavy atom. The Morgan fingerprint density at radius 1 is 1.20 bits per heavy atom. The molecule has 2 rings (SSSR count). The molecule has 0 radical (unpaired) electrons. The van der Waals surface area contributed by atoms with E-state index in [2.05, 4.69) is 10.4 Å². The molecular formula is C15H20N4O. The van der Waals surface area contributed by atoms with E-state index in [9.17, 15) is 4.79 Å². The number of aryl methyl sites for hydroxylation is 4. The lowest BCUT2D eigenvalue weighted by molar-refractivity contribution is 0.102. The summed E-state index contributed by atoms with van der Waals surface area (Å²) in [5, 5.41) is 7.20. The quantitative estimate of drug-likeness (QED) is 0.825. The number of rotatable bonds is 2. The largest absolute Gasteiger partial charge is 0.399 e. The maximum absolute atomic E-state index is 12.4. The Labute approximate surface area is 118 Å². The second kappa shape index (κ2) is 5.00. The van der Waals surface area contributed by atoms with Crippen molar-refractivity contribution < 1.29 is 4.79 Å². The van der Waals surface area contributed by atoms with E-state index in [0.717, 1.165) is 33.9 Å². The molecule has 0 aliphatic carbocycles. The predicted octanol–water partition coefficient (Wildman–Crippen LogP) is 2.49. The third-order valence-corrected chi connectivity index (χ3v) is 3.60. The third kappa shape index (κ3) is 2.39. The molecule has 1 heterocycles. The van der Waals surface area contributed by atoms with E-state index in [1.165, 1.54) is 0 Å². The maximum Gasteiger partial charge on any atom is 0.259 e. The number of hydrogen-bond acceptors (Lipinski definition) is 3. The first-order valence-electron chi connectivity index (χ1n) is 6.49. The van der Waals surface area contributed by atoms with Crippen LogP contribution in [-0.4, -0.2) is 15.7 Å². The van der Waals surface area contributed by atoms with Gasteiger partial charge in [-0.1, -0.05) is 0 Å². The normalized spacial score (nSPS) is 10.7. The fourth-order valence-corrected chi connectivity index (χ4v) is 2.26. The van der Waals surface area contributed by atoms with Gasteiger partial charge in [0.05, 0.1) is 11.3 Å². The Bertz CT molecular complexity index is 686. The average molecular weight is 272 g/mol. The van der Waals surface area contributed by atoms with Gasteiger partial charge in [0.1, 0.15) is 0 Å². The highest BCUT2D eigenvalue weighted by molar-refractivity contribution is 6.06. The molecule has 0 bridgehead atoms. The molecule has 0 spiro atoms. The van der Waals surface area contributed by atoms with Crippen LogP contribution in [0.15, 0.2) is 12.1 Å². The average Bonchev–Trinajstić information content (AvgIpc) is 2.60. The van der Waals surface area contributed by atoms with Crippen molar-refractivity contribution in [2.75, 3.05) is 11.1 Å². The molecule has 0 saturated carbocycles. The van der Waals surface area contributed by atoms with E-state index in [4.69, 9.17) is 5.73 Å². The van der Waals surface area contributed by atoms with E-state index in [-0.39, 0.29) is 5.91 Å². The Morgan fingerprint density at radius 2 is 1.85 bits per heavy atom. The second-order valence-corrected chi connectivity index (χ2v) is 5.15. The van der Waals surface area contributed by atoms with Crippen LogP contribution in [0.1, 0.15) is 32.9 Å². The summed E-state index contributed by atoms with van der Waals surface area (Å²) in [4.78, 5) is 12.4. The molecule has 0 aliphatic heterocycles. The molecule has 2 aromatic rings. The number of nitrogens with one attached hydrogen (secondary N) is 1. The summed E-state index contributed by atoms with van der Waals surface area (Å²) in [6.45, 7) is 7.57. The Kier molecular flexibility index (Phi) is 3.53. The van der Waals surface area contributed by atoms with Gasteiger partial charge in [-0.15, -0.1) is 0 Å². The van der Waals surface area contributed by atoms with Crippen LogP contribution in [-0.2, 0) is 7.05 Å². The molecule has 106 valence electrons. The number of benzene rings is 1. The maximum atomic E-state index is 12.4. The molecule has 1 amide bonds. The molecule has 1 aromatic heterocycles. The summed E-state index contributed by atoms with van der Waals surface area (Å²) in [6.07, 6.45) is 0. The van der Waals surface area contributed by atoms with Crippen molar-refractivity contribution in [2.24, 2.45) is 7.05 Å². The van der Waals surface area contributed by atoms with Crippen molar-refractivity contribution in [1.29, 1.82) is 0 Å². The van der Waals surface area contributed by atoms with Crippen molar-refractivity contribution in [3.8, 4) is 0 Å². The lowest BCUT2D eigenvalue weighted by atomic mass is 10.1. The zero-order valence-electron chi connectivity index (χ0n) is 12.5. The smallest absolute Gasteiger partial charge is 0.259 e. The molecule has 0 fully saturated rings. The third-order valence-electron chi connectivity index (χ3n) is 3.60. The lowest BCUT2D eigenvalue weighted by Gasteiger charge is -2.11.